The van der Waals surface area contributed by atoms with Gasteiger partial charge in [-0.05, 0) is 25.0 Å². The van der Waals surface area contributed by atoms with Crippen molar-refractivity contribution < 1.29 is 34.1 Å². The number of fused-ring (bicyclic) bond motifs is 1. The summed E-state index contributed by atoms with van der Waals surface area (Å²) in [5, 5.41) is 27.7. The van der Waals surface area contributed by atoms with Crippen molar-refractivity contribution >= 4 is 34.5 Å². The van der Waals surface area contributed by atoms with E-state index < -0.39 is 47.2 Å². The van der Waals surface area contributed by atoms with E-state index in [0.717, 1.165) is 18.9 Å². The molecule has 0 spiro atoms. The van der Waals surface area contributed by atoms with Gasteiger partial charge in [-0.3, -0.25) is 19.3 Å². The van der Waals surface area contributed by atoms with Crippen molar-refractivity contribution in [2.75, 3.05) is 31.1 Å². The summed E-state index contributed by atoms with van der Waals surface area (Å²) in [6, 6.07) is 1.50. The van der Waals surface area contributed by atoms with Crippen LogP contribution in [-0.4, -0.2) is 74.9 Å². The first-order valence-corrected chi connectivity index (χ1v) is 10.2. The summed E-state index contributed by atoms with van der Waals surface area (Å²) >= 11 is 0. The van der Waals surface area contributed by atoms with Crippen LogP contribution in [0.1, 0.15) is 35.7 Å². The lowest BCUT2D eigenvalue weighted by Crippen LogP contribution is -2.53. The average Bonchev–Trinajstić information content (AvgIpc) is 3.57. The number of nitrogens with zero attached hydrogens (tertiary/aromatic N) is 3. The molecule has 1 aromatic heterocycles. The summed E-state index contributed by atoms with van der Waals surface area (Å²) in [7, 11) is 0. The van der Waals surface area contributed by atoms with E-state index in [9.17, 15) is 33.8 Å². The van der Waals surface area contributed by atoms with Crippen LogP contribution in [0.4, 0.5) is 10.1 Å². The number of hydrogen-bond acceptors (Lipinski definition) is 6. The second-order valence-corrected chi connectivity index (χ2v) is 8.11. The highest BCUT2D eigenvalue weighted by molar-refractivity contribution is 5.93. The highest BCUT2D eigenvalue weighted by atomic mass is 19.1. The van der Waals surface area contributed by atoms with Gasteiger partial charge in [0.05, 0.1) is 17.6 Å². The second-order valence-electron chi connectivity index (χ2n) is 8.11. The van der Waals surface area contributed by atoms with Gasteiger partial charge < -0.3 is 24.8 Å². The topological polar surface area (TPSA) is 140 Å². The maximum absolute atomic E-state index is 15.0. The fraction of sp³-hybridized carbons (Fsp3) is 0.429. The summed E-state index contributed by atoms with van der Waals surface area (Å²) in [5.74, 6) is -4.46. The number of piperazine rings is 1. The van der Waals surface area contributed by atoms with E-state index in [-0.39, 0.29) is 43.3 Å². The molecule has 0 radical (unpaired) electrons. The minimum atomic E-state index is -1.36. The molecule has 10 nitrogen and oxygen atoms in total. The standard InChI is InChI=1S/C21H22FN3O7/c22-14-7-12-15(25(11-1-2-11)10-13(19(12)28)20(29)30)8-16(14)23-3-5-24(6-4-23)17(21(31)32)9-18(26)27/h7-8,10-11,17H,1-6,9H2,(H,26,27)(H,29,30)(H,31,32). The number of halogens is 1. The van der Waals surface area contributed by atoms with Crippen LogP contribution in [0, 0.1) is 5.82 Å². The van der Waals surface area contributed by atoms with Gasteiger partial charge in [-0.2, -0.15) is 0 Å². The number of aromatic carboxylic acids is 1. The molecule has 170 valence electrons. The van der Waals surface area contributed by atoms with Crippen LogP contribution in [0.5, 0.6) is 0 Å². The van der Waals surface area contributed by atoms with E-state index in [4.69, 9.17) is 5.11 Å². The Morgan fingerprint density at radius 1 is 1.06 bits per heavy atom. The molecule has 2 aromatic rings. The van der Waals surface area contributed by atoms with Crippen molar-refractivity contribution in [2.24, 2.45) is 0 Å². The van der Waals surface area contributed by atoms with Gasteiger partial charge in [0.2, 0.25) is 5.43 Å². The van der Waals surface area contributed by atoms with E-state index in [1.54, 1.807) is 14.4 Å². The van der Waals surface area contributed by atoms with Crippen molar-refractivity contribution in [3.05, 3.63) is 39.9 Å². The highest BCUT2D eigenvalue weighted by Crippen LogP contribution is 2.38. The van der Waals surface area contributed by atoms with Crippen LogP contribution < -0.4 is 10.3 Å². The Labute approximate surface area is 181 Å². The molecule has 2 aliphatic rings. The maximum atomic E-state index is 15.0. The number of carboxylic acid groups (broad SMARTS) is 3. The van der Waals surface area contributed by atoms with Crippen LogP contribution >= 0.6 is 0 Å². The lowest BCUT2D eigenvalue weighted by atomic mass is 10.1. The molecular weight excluding hydrogens is 425 g/mol. The molecule has 1 saturated heterocycles. The van der Waals surface area contributed by atoms with Crippen molar-refractivity contribution in [2.45, 2.75) is 31.3 Å². The third kappa shape index (κ3) is 4.03. The first-order chi connectivity index (χ1) is 15.2. The zero-order chi connectivity index (χ0) is 23.2. The fourth-order valence-corrected chi connectivity index (χ4v) is 4.22. The van der Waals surface area contributed by atoms with Crippen molar-refractivity contribution in [1.82, 2.24) is 9.47 Å². The van der Waals surface area contributed by atoms with Crippen LogP contribution in [0.25, 0.3) is 10.9 Å². The Morgan fingerprint density at radius 2 is 1.72 bits per heavy atom. The summed E-state index contributed by atoms with van der Waals surface area (Å²) in [4.78, 5) is 49.7. The van der Waals surface area contributed by atoms with Gasteiger partial charge in [0.1, 0.15) is 17.4 Å². The van der Waals surface area contributed by atoms with Gasteiger partial charge in [-0.25, -0.2) is 9.18 Å². The molecule has 1 aliphatic heterocycles. The minimum absolute atomic E-state index is 0.00378. The molecular formula is C21H22FN3O7. The van der Waals surface area contributed by atoms with Crippen molar-refractivity contribution in [1.29, 1.82) is 0 Å². The second kappa shape index (κ2) is 8.23. The Hall–Kier alpha value is -3.47. The Balaban J connectivity index is 1.65. The van der Waals surface area contributed by atoms with Crippen LogP contribution in [0.15, 0.2) is 23.1 Å². The van der Waals surface area contributed by atoms with E-state index in [0.29, 0.717) is 5.52 Å². The number of benzene rings is 1. The van der Waals surface area contributed by atoms with Crippen molar-refractivity contribution in [3.63, 3.8) is 0 Å². The molecule has 2 fully saturated rings. The largest absolute Gasteiger partial charge is 0.481 e. The first kappa shape index (κ1) is 21.8. The molecule has 1 aliphatic carbocycles. The Bertz CT molecular complexity index is 1170. The molecule has 3 N–H and O–H groups in total. The molecule has 4 rings (SSSR count). The van der Waals surface area contributed by atoms with Crippen LogP contribution in [0.2, 0.25) is 0 Å². The summed E-state index contributed by atoms with van der Waals surface area (Å²) < 4.78 is 16.7. The monoisotopic (exact) mass is 447 g/mol. The quantitative estimate of drug-likeness (QED) is 0.571. The molecule has 1 unspecified atom stereocenters. The number of carboxylic acids is 3. The molecule has 11 heteroatoms. The smallest absolute Gasteiger partial charge is 0.341 e. The fourth-order valence-electron chi connectivity index (χ4n) is 4.22. The molecule has 1 aromatic carbocycles. The zero-order valence-electron chi connectivity index (χ0n) is 17.0. The highest BCUT2D eigenvalue weighted by Gasteiger charge is 2.32. The third-order valence-electron chi connectivity index (χ3n) is 6.02. The van der Waals surface area contributed by atoms with Gasteiger partial charge in [0.15, 0.2) is 0 Å². The lowest BCUT2D eigenvalue weighted by molar-refractivity contribution is -0.150. The number of anilines is 1. The normalized spacial score (nSPS) is 18.0. The Morgan fingerprint density at radius 3 is 2.25 bits per heavy atom. The summed E-state index contributed by atoms with van der Waals surface area (Å²) in [6.07, 6.45) is 2.46. The van der Waals surface area contributed by atoms with E-state index in [2.05, 4.69) is 0 Å². The maximum Gasteiger partial charge on any atom is 0.341 e. The minimum Gasteiger partial charge on any atom is -0.481 e. The number of rotatable bonds is 7. The third-order valence-corrected chi connectivity index (χ3v) is 6.02. The molecule has 32 heavy (non-hydrogen) atoms. The van der Waals surface area contributed by atoms with Gasteiger partial charge in [-0.15, -0.1) is 0 Å². The summed E-state index contributed by atoms with van der Waals surface area (Å²) in [5.41, 5.74) is -0.448. The van der Waals surface area contributed by atoms with Crippen molar-refractivity contribution in [3.8, 4) is 0 Å². The molecule has 0 bridgehead atoms. The van der Waals surface area contributed by atoms with Crippen LogP contribution in [0.3, 0.4) is 0 Å². The average molecular weight is 447 g/mol. The van der Waals surface area contributed by atoms with Gasteiger partial charge in [0, 0.05) is 43.8 Å². The first-order valence-electron chi connectivity index (χ1n) is 10.2. The Kier molecular flexibility index (Phi) is 5.59. The van der Waals surface area contributed by atoms with Crippen LogP contribution in [-0.2, 0) is 9.59 Å². The molecule has 1 atom stereocenters. The summed E-state index contributed by atoms with van der Waals surface area (Å²) in [6.45, 7) is 1.00. The van der Waals surface area contributed by atoms with Gasteiger partial charge >= 0.3 is 17.9 Å². The number of aliphatic carboxylic acids is 2. The zero-order valence-corrected chi connectivity index (χ0v) is 17.0. The van der Waals surface area contributed by atoms with E-state index in [1.807, 2.05) is 0 Å². The molecule has 2 heterocycles. The van der Waals surface area contributed by atoms with Gasteiger partial charge in [-0.1, -0.05) is 0 Å². The van der Waals surface area contributed by atoms with Gasteiger partial charge in [0.25, 0.3) is 0 Å². The van der Waals surface area contributed by atoms with E-state index >= 15 is 0 Å². The molecule has 1 saturated carbocycles. The number of aromatic nitrogens is 1. The molecule has 0 amide bonds. The number of pyridine rings is 1. The number of carbonyl (C=O) groups is 3. The number of hydrogen-bond donors (Lipinski definition) is 3. The predicted molar refractivity (Wildman–Crippen MR) is 111 cm³/mol. The predicted octanol–water partition coefficient (Wildman–Crippen LogP) is 1.22. The van der Waals surface area contributed by atoms with E-state index in [1.165, 1.54) is 12.3 Å². The lowest BCUT2D eigenvalue weighted by Gasteiger charge is -2.38. The SMILES string of the molecule is O=C(O)CC(C(=O)O)N1CCN(c2cc3c(cc2F)c(=O)c(C(=O)O)cn3C2CC2)CC1.